The molecule has 1 aromatic rings. The summed E-state index contributed by atoms with van der Waals surface area (Å²) in [6.45, 7) is 6.79. The Morgan fingerprint density at radius 2 is 2.19 bits per heavy atom. The van der Waals surface area contributed by atoms with Gasteiger partial charge in [0.15, 0.2) is 0 Å². The Morgan fingerprint density at radius 3 is 2.81 bits per heavy atom. The standard InChI is InChI=1S/C17H23NO2S/c1-5-18-16(9-6-12(2)17(18)19)15-8-7-14(10-13(15)3)20-11-21-4/h7-10,12H,5-6,11H2,1-4H3. The van der Waals surface area contributed by atoms with Gasteiger partial charge in [-0.15, -0.1) is 11.8 Å². The molecule has 21 heavy (non-hydrogen) atoms. The van der Waals surface area contributed by atoms with Gasteiger partial charge in [-0.2, -0.15) is 0 Å². The molecule has 1 atom stereocenters. The van der Waals surface area contributed by atoms with Crippen LogP contribution in [-0.4, -0.2) is 29.5 Å². The van der Waals surface area contributed by atoms with E-state index >= 15 is 0 Å². The SMILES string of the molecule is CCN1C(=O)C(C)CC=C1c1ccc(OCSC)cc1C. The fourth-order valence-electron chi connectivity index (χ4n) is 2.61. The van der Waals surface area contributed by atoms with Crippen LogP contribution in [0.5, 0.6) is 5.75 Å². The zero-order valence-electron chi connectivity index (χ0n) is 13.2. The van der Waals surface area contributed by atoms with Gasteiger partial charge in [-0.1, -0.05) is 13.0 Å². The van der Waals surface area contributed by atoms with E-state index in [0.29, 0.717) is 12.5 Å². The van der Waals surface area contributed by atoms with E-state index in [9.17, 15) is 4.79 Å². The van der Waals surface area contributed by atoms with Gasteiger partial charge in [0.2, 0.25) is 5.91 Å². The van der Waals surface area contributed by atoms with Gasteiger partial charge in [-0.05, 0) is 50.3 Å². The van der Waals surface area contributed by atoms with Crippen LogP contribution in [0.3, 0.4) is 0 Å². The van der Waals surface area contributed by atoms with Crippen LogP contribution >= 0.6 is 11.8 Å². The van der Waals surface area contributed by atoms with Gasteiger partial charge in [0.1, 0.15) is 11.7 Å². The van der Waals surface area contributed by atoms with Crippen LogP contribution in [0.1, 0.15) is 31.4 Å². The van der Waals surface area contributed by atoms with E-state index in [1.54, 1.807) is 11.8 Å². The first kappa shape index (κ1) is 16.0. The van der Waals surface area contributed by atoms with Gasteiger partial charge in [-0.3, -0.25) is 4.79 Å². The van der Waals surface area contributed by atoms with E-state index in [1.165, 1.54) is 0 Å². The highest BCUT2D eigenvalue weighted by Gasteiger charge is 2.27. The van der Waals surface area contributed by atoms with E-state index < -0.39 is 0 Å². The van der Waals surface area contributed by atoms with Gasteiger partial charge >= 0.3 is 0 Å². The summed E-state index contributed by atoms with van der Waals surface area (Å²) in [5.41, 5.74) is 3.30. The molecule has 1 amide bonds. The molecule has 1 heterocycles. The summed E-state index contributed by atoms with van der Waals surface area (Å²) in [5, 5.41) is 0. The number of carbonyl (C=O) groups is 1. The minimum absolute atomic E-state index is 0.0817. The smallest absolute Gasteiger partial charge is 0.230 e. The predicted molar refractivity (Wildman–Crippen MR) is 89.3 cm³/mol. The van der Waals surface area contributed by atoms with Crippen molar-refractivity contribution in [3.63, 3.8) is 0 Å². The van der Waals surface area contributed by atoms with Crippen molar-refractivity contribution in [3.8, 4) is 5.75 Å². The minimum Gasteiger partial charge on any atom is -0.483 e. The Labute approximate surface area is 131 Å². The molecule has 0 bridgehead atoms. The van der Waals surface area contributed by atoms with Gasteiger partial charge in [0.25, 0.3) is 0 Å². The van der Waals surface area contributed by atoms with Crippen molar-refractivity contribution in [1.82, 2.24) is 4.90 Å². The van der Waals surface area contributed by atoms with Crippen LogP contribution in [0.4, 0.5) is 0 Å². The summed E-state index contributed by atoms with van der Waals surface area (Å²) in [5.74, 6) is 1.83. The second-order valence-corrected chi connectivity index (χ2v) is 6.15. The molecule has 0 saturated heterocycles. The molecule has 114 valence electrons. The zero-order chi connectivity index (χ0) is 15.4. The monoisotopic (exact) mass is 305 g/mol. The third-order valence-corrected chi connectivity index (χ3v) is 4.13. The molecule has 1 aromatic carbocycles. The molecule has 2 rings (SSSR count). The van der Waals surface area contributed by atoms with Gasteiger partial charge in [0, 0.05) is 23.7 Å². The fourth-order valence-corrected chi connectivity index (χ4v) is 2.86. The van der Waals surface area contributed by atoms with Crippen molar-refractivity contribution in [2.75, 3.05) is 18.7 Å². The lowest BCUT2D eigenvalue weighted by molar-refractivity contribution is -0.131. The van der Waals surface area contributed by atoms with Crippen LogP contribution in [0.2, 0.25) is 0 Å². The summed E-state index contributed by atoms with van der Waals surface area (Å²) in [6.07, 6.45) is 5.01. The summed E-state index contributed by atoms with van der Waals surface area (Å²) >= 11 is 1.65. The average molecular weight is 305 g/mol. The maximum absolute atomic E-state index is 12.3. The Bertz CT molecular complexity index is 554. The zero-order valence-corrected chi connectivity index (χ0v) is 14.0. The lowest BCUT2D eigenvalue weighted by Crippen LogP contribution is -2.36. The number of hydrogen-bond acceptors (Lipinski definition) is 3. The molecule has 1 unspecified atom stereocenters. The summed E-state index contributed by atoms with van der Waals surface area (Å²) in [4.78, 5) is 14.2. The molecule has 0 aromatic heterocycles. The molecule has 0 radical (unpaired) electrons. The number of allylic oxidation sites excluding steroid dienone is 1. The predicted octanol–water partition coefficient (Wildman–Crippen LogP) is 3.92. The number of thioether (sulfide) groups is 1. The highest BCUT2D eigenvalue weighted by atomic mass is 32.2. The van der Waals surface area contributed by atoms with E-state index in [2.05, 4.69) is 19.1 Å². The summed E-state index contributed by atoms with van der Waals surface area (Å²) in [6, 6.07) is 6.08. The molecule has 1 aliphatic rings. The second kappa shape index (κ2) is 7.03. The molecule has 0 saturated carbocycles. The number of amides is 1. The van der Waals surface area contributed by atoms with Crippen LogP contribution in [0, 0.1) is 12.8 Å². The molecule has 0 N–H and O–H groups in total. The van der Waals surface area contributed by atoms with Crippen molar-refractivity contribution < 1.29 is 9.53 Å². The first-order chi connectivity index (χ1) is 10.1. The first-order valence-electron chi connectivity index (χ1n) is 7.32. The molecule has 3 nitrogen and oxygen atoms in total. The quantitative estimate of drug-likeness (QED) is 0.772. The number of ether oxygens (including phenoxy) is 1. The third kappa shape index (κ3) is 3.43. The fraction of sp³-hybridized carbons (Fsp3) is 0.471. The molecule has 0 fully saturated rings. The number of hydrogen-bond donors (Lipinski definition) is 0. The van der Waals surface area contributed by atoms with E-state index in [1.807, 2.05) is 37.1 Å². The van der Waals surface area contributed by atoms with Gasteiger partial charge in [-0.25, -0.2) is 0 Å². The Hall–Kier alpha value is -1.42. The summed E-state index contributed by atoms with van der Waals surface area (Å²) in [7, 11) is 0. The third-order valence-electron chi connectivity index (χ3n) is 3.78. The van der Waals surface area contributed by atoms with Crippen molar-refractivity contribution in [2.45, 2.75) is 27.2 Å². The Kier molecular flexibility index (Phi) is 5.34. The molecule has 0 spiro atoms. The summed E-state index contributed by atoms with van der Waals surface area (Å²) < 4.78 is 5.63. The second-order valence-electron chi connectivity index (χ2n) is 5.34. The first-order valence-corrected chi connectivity index (χ1v) is 8.72. The van der Waals surface area contributed by atoms with E-state index in [4.69, 9.17) is 4.74 Å². The van der Waals surface area contributed by atoms with Crippen LogP contribution in [0.25, 0.3) is 5.70 Å². The molecular weight excluding hydrogens is 282 g/mol. The number of benzene rings is 1. The van der Waals surface area contributed by atoms with Crippen molar-refractivity contribution in [1.29, 1.82) is 0 Å². The molecule has 4 heteroatoms. The van der Waals surface area contributed by atoms with Crippen LogP contribution in [0.15, 0.2) is 24.3 Å². The largest absolute Gasteiger partial charge is 0.483 e. The molecule has 1 aliphatic heterocycles. The topological polar surface area (TPSA) is 29.5 Å². The average Bonchev–Trinajstić information content (AvgIpc) is 2.48. The lowest BCUT2D eigenvalue weighted by Gasteiger charge is -2.32. The van der Waals surface area contributed by atoms with Crippen molar-refractivity contribution >= 4 is 23.4 Å². The highest BCUT2D eigenvalue weighted by molar-refractivity contribution is 7.98. The van der Waals surface area contributed by atoms with Crippen molar-refractivity contribution in [3.05, 3.63) is 35.4 Å². The van der Waals surface area contributed by atoms with Crippen LogP contribution < -0.4 is 4.74 Å². The maximum Gasteiger partial charge on any atom is 0.230 e. The van der Waals surface area contributed by atoms with Crippen LogP contribution in [-0.2, 0) is 4.79 Å². The minimum atomic E-state index is 0.0817. The lowest BCUT2D eigenvalue weighted by atomic mass is 9.95. The number of rotatable bonds is 5. The Morgan fingerprint density at radius 1 is 1.43 bits per heavy atom. The van der Waals surface area contributed by atoms with Crippen molar-refractivity contribution in [2.24, 2.45) is 5.92 Å². The Balaban J connectivity index is 2.30. The number of aryl methyl sites for hydroxylation is 1. The number of carbonyl (C=O) groups excluding carboxylic acids is 1. The van der Waals surface area contributed by atoms with Gasteiger partial charge in [0.05, 0.1) is 0 Å². The maximum atomic E-state index is 12.3. The number of nitrogens with zero attached hydrogens (tertiary/aromatic N) is 1. The molecule has 0 aliphatic carbocycles. The molecular formula is C17H23NO2S. The normalized spacial score (nSPS) is 18.7. The van der Waals surface area contributed by atoms with Gasteiger partial charge < -0.3 is 9.64 Å². The van der Waals surface area contributed by atoms with E-state index in [0.717, 1.165) is 29.0 Å². The van der Waals surface area contributed by atoms with E-state index in [-0.39, 0.29) is 11.8 Å². The highest BCUT2D eigenvalue weighted by Crippen LogP contribution is 2.31.